The third kappa shape index (κ3) is 13.6. The van der Waals surface area contributed by atoms with Crippen LogP contribution >= 0.6 is 0 Å². The Labute approximate surface area is 358 Å². The topological polar surface area (TPSA) is 114 Å². The molecule has 2 N–H and O–H groups in total. The van der Waals surface area contributed by atoms with Crippen molar-refractivity contribution in [2.75, 3.05) is 13.2 Å². The Morgan fingerprint density at radius 1 is 0.410 bits per heavy atom. The van der Waals surface area contributed by atoms with Crippen LogP contribution in [0.4, 0.5) is 0 Å². The highest BCUT2D eigenvalue weighted by Crippen LogP contribution is 2.33. The average molecular weight is 827 g/mol. The van der Waals surface area contributed by atoms with Crippen LogP contribution in [-0.2, 0) is 58.6 Å². The van der Waals surface area contributed by atoms with Gasteiger partial charge in [-0.05, 0) is 71.5 Å². The van der Waals surface area contributed by atoms with E-state index in [9.17, 15) is 10.2 Å². The number of rotatable bonds is 22. The maximum atomic E-state index is 11.4. The van der Waals surface area contributed by atoms with E-state index in [1.165, 1.54) is 0 Å². The van der Waals surface area contributed by atoms with Crippen LogP contribution in [0.5, 0.6) is 23.0 Å². The molecule has 1 aliphatic rings. The molecule has 1 aliphatic heterocycles. The van der Waals surface area contributed by atoms with Gasteiger partial charge in [-0.15, -0.1) is 0 Å². The predicted molar refractivity (Wildman–Crippen MR) is 231 cm³/mol. The van der Waals surface area contributed by atoms with E-state index >= 15 is 0 Å². The van der Waals surface area contributed by atoms with Crippen LogP contribution in [0.3, 0.4) is 0 Å². The first-order valence-corrected chi connectivity index (χ1v) is 20.6. The van der Waals surface area contributed by atoms with Gasteiger partial charge in [0.25, 0.3) is 0 Å². The smallest absolute Gasteiger partial charge is 0.164 e. The third-order valence-corrected chi connectivity index (χ3v) is 9.91. The highest BCUT2D eigenvalue weighted by molar-refractivity contribution is 5.40. The first-order chi connectivity index (χ1) is 29.7. The minimum atomic E-state index is -1.12. The van der Waals surface area contributed by atoms with Crippen LogP contribution in [0.2, 0.25) is 0 Å². The molecule has 6 aromatic rings. The summed E-state index contributed by atoms with van der Waals surface area (Å²) >= 11 is 0. The number of aliphatic hydroxyl groups is 2. The fourth-order valence-corrected chi connectivity index (χ4v) is 6.92. The van der Waals surface area contributed by atoms with Crippen LogP contribution in [-0.4, -0.2) is 53.6 Å². The van der Waals surface area contributed by atoms with Crippen molar-refractivity contribution in [3.63, 3.8) is 0 Å². The van der Waals surface area contributed by atoms with Crippen LogP contribution in [0.25, 0.3) is 0 Å². The van der Waals surface area contributed by atoms with E-state index < -0.39 is 30.2 Å². The van der Waals surface area contributed by atoms with Gasteiger partial charge in [-0.25, -0.2) is 0 Å². The molecule has 0 amide bonds. The molecule has 7 rings (SSSR count). The summed E-state index contributed by atoms with van der Waals surface area (Å²) in [5.74, 6) is 1.48. The molecule has 0 bridgehead atoms. The van der Waals surface area contributed by atoms with Crippen LogP contribution in [0.1, 0.15) is 47.2 Å². The zero-order valence-electron chi connectivity index (χ0n) is 34.6. The quantitative estimate of drug-likeness (QED) is 0.0688. The largest absolute Gasteiger partial charge is 0.489 e. The van der Waals surface area contributed by atoms with Gasteiger partial charge in [-0.1, -0.05) is 121 Å². The van der Waals surface area contributed by atoms with Crippen LogP contribution in [0, 0.1) is 0 Å². The third-order valence-electron chi connectivity index (χ3n) is 9.91. The van der Waals surface area contributed by atoms with Gasteiger partial charge in [-0.2, -0.15) is 0 Å². The molecule has 318 valence electrons. The molecule has 10 nitrogen and oxygen atoms in total. The Balaban J connectivity index is 0.949. The molecule has 4 atom stereocenters. The highest BCUT2D eigenvalue weighted by Gasteiger charge is 2.48. The van der Waals surface area contributed by atoms with Crippen molar-refractivity contribution in [3.05, 3.63) is 191 Å². The van der Waals surface area contributed by atoms with E-state index in [1.807, 2.05) is 158 Å². The summed E-state index contributed by atoms with van der Waals surface area (Å²) in [6, 6.07) is 51.1. The van der Waals surface area contributed by atoms with Gasteiger partial charge in [0.1, 0.15) is 73.8 Å². The summed E-state index contributed by atoms with van der Waals surface area (Å²) in [5, 5.41) is 22.8. The van der Waals surface area contributed by atoms with Crippen molar-refractivity contribution in [3.8, 4) is 23.0 Å². The highest BCUT2D eigenvalue weighted by atomic mass is 16.8. The van der Waals surface area contributed by atoms with Gasteiger partial charge in [0.15, 0.2) is 5.79 Å². The molecule has 0 aromatic heterocycles. The maximum Gasteiger partial charge on any atom is 0.164 e. The number of ether oxygens (including phenoxy) is 8. The van der Waals surface area contributed by atoms with Crippen LogP contribution < -0.4 is 18.9 Å². The Morgan fingerprint density at radius 3 is 0.967 bits per heavy atom. The second kappa shape index (κ2) is 21.7. The molecular formula is C51H54O10. The van der Waals surface area contributed by atoms with Gasteiger partial charge in [0, 0.05) is 12.1 Å². The fraction of sp³-hybridized carbons (Fsp3) is 0.294. The predicted octanol–water partition coefficient (Wildman–Crippen LogP) is 8.98. The second-order valence-electron chi connectivity index (χ2n) is 15.5. The summed E-state index contributed by atoms with van der Waals surface area (Å²) < 4.78 is 48.9. The molecule has 0 spiro atoms. The Hall–Kier alpha value is -5.72. The van der Waals surface area contributed by atoms with E-state index in [4.69, 9.17) is 37.9 Å². The van der Waals surface area contributed by atoms with Crippen LogP contribution in [0.15, 0.2) is 158 Å². The zero-order valence-corrected chi connectivity index (χ0v) is 34.6. The van der Waals surface area contributed by atoms with E-state index in [0.29, 0.717) is 49.4 Å². The molecule has 0 radical (unpaired) electrons. The maximum absolute atomic E-state index is 11.4. The Morgan fingerprint density at radius 2 is 0.689 bits per heavy atom. The lowest BCUT2D eigenvalue weighted by atomic mass is 10.0. The molecule has 0 unspecified atom stereocenters. The van der Waals surface area contributed by atoms with Gasteiger partial charge < -0.3 is 48.1 Å². The number of benzene rings is 6. The number of hydrogen-bond donors (Lipinski definition) is 2. The van der Waals surface area contributed by atoms with Crippen molar-refractivity contribution >= 4 is 0 Å². The van der Waals surface area contributed by atoms with Crippen molar-refractivity contribution in [1.82, 2.24) is 0 Å². The molecule has 0 aliphatic carbocycles. The van der Waals surface area contributed by atoms with Crippen molar-refractivity contribution in [1.29, 1.82) is 0 Å². The zero-order chi connectivity index (χ0) is 42.3. The minimum Gasteiger partial charge on any atom is -0.489 e. The lowest BCUT2D eigenvalue weighted by Crippen LogP contribution is -2.45. The summed E-state index contributed by atoms with van der Waals surface area (Å²) in [6.45, 7) is 5.24. The first kappa shape index (κ1) is 43.4. The SMILES string of the molecule is CC1(C)O[C@H]([C@H](O)COCc2cc(OCc3ccccc3)cc(OCc3ccccc3)c2)[C@@H]([C@H](O)COCc2cc(OCc3ccccc3)cc(OCc3ccccc3)c2)O1. The normalized spacial score (nSPS) is 16.7. The molecule has 1 fully saturated rings. The van der Waals surface area contributed by atoms with E-state index in [2.05, 4.69) is 0 Å². The number of hydrogen-bond acceptors (Lipinski definition) is 10. The summed E-state index contributed by atoms with van der Waals surface area (Å²) in [5.41, 5.74) is 5.77. The molecule has 6 aromatic carbocycles. The molecule has 0 saturated carbocycles. The van der Waals surface area contributed by atoms with Crippen molar-refractivity contribution in [2.45, 2.75) is 83.7 Å². The minimum absolute atomic E-state index is 0.0784. The average Bonchev–Trinajstić information content (AvgIpc) is 3.63. The van der Waals surface area contributed by atoms with Gasteiger partial charge >= 0.3 is 0 Å². The lowest BCUT2D eigenvalue weighted by molar-refractivity contribution is -0.165. The summed E-state index contributed by atoms with van der Waals surface area (Å²) in [7, 11) is 0. The van der Waals surface area contributed by atoms with Crippen molar-refractivity contribution < 1.29 is 48.1 Å². The first-order valence-electron chi connectivity index (χ1n) is 20.6. The fourth-order valence-electron chi connectivity index (χ4n) is 6.92. The van der Waals surface area contributed by atoms with Gasteiger partial charge in [0.05, 0.1) is 26.4 Å². The molecule has 1 saturated heterocycles. The molecular weight excluding hydrogens is 773 g/mol. The monoisotopic (exact) mass is 826 g/mol. The second-order valence-corrected chi connectivity index (χ2v) is 15.5. The van der Waals surface area contributed by atoms with Crippen molar-refractivity contribution in [2.24, 2.45) is 0 Å². The standard InChI is InChI=1S/C51H54O10/c1-51(2)60-49(47(52)35-54-29-41-23-43(56-31-37-15-7-3-8-16-37)27-44(24-41)57-32-38-17-9-4-10-18-38)50(61-51)48(53)36-55-30-42-25-45(58-33-39-19-11-5-12-20-39)28-46(26-42)59-34-40-21-13-6-14-22-40/h3-28,47-50,52-53H,29-36H2,1-2H3/t47-,48-,49-,50-/m1/s1. The summed E-state index contributed by atoms with van der Waals surface area (Å²) in [4.78, 5) is 0. The van der Waals surface area contributed by atoms with E-state index in [1.54, 1.807) is 13.8 Å². The Kier molecular flexibility index (Phi) is 15.4. The van der Waals surface area contributed by atoms with Gasteiger partial charge in [-0.3, -0.25) is 0 Å². The lowest BCUT2D eigenvalue weighted by Gasteiger charge is -2.25. The number of aliphatic hydroxyl groups excluding tert-OH is 2. The Bertz CT molecular complexity index is 1920. The molecule has 61 heavy (non-hydrogen) atoms. The summed E-state index contributed by atoms with van der Waals surface area (Å²) in [6.07, 6.45) is -4.00. The van der Waals surface area contributed by atoms with E-state index in [0.717, 1.165) is 33.4 Å². The molecule has 1 heterocycles. The molecule has 10 heteroatoms. The van der Waals surface area contributed by atoms with Gasteiger partial charge in [0.2, 0.25) is 0 Å². The van der Waals surface area contributed by atoms with E-state index in [-0.39, 0.29) is 26.4 Å².